The number of hydrogen-bond acceptors (Lipinski definition) is 4. The highest BCUT2D eigenvalue weighted by Gasteiger charge is 2.15. The SMILES string of the molecule is CC(CNCc1cccc(C(N)=NO)c1)N1CCCCC1. The van der Waals surface area contributed by atoms with Crippen molar-refractivity contribution in [2.24, 2.45) is 10.9 Å². The number of likely N-dealkylation sites (tertiary alicyclic amines) is 1. The maximum Gasteiger partial charge on any atom is 0.170 e. The molecule has 5 nitrogen and oxygen atoms in total. The van der Waals surface area contributed by atoms with Crippen molar-refractivity contribution in [2.75, 3.05) is 19.6 Å². The summed E-state index contributed by atoms with van der Waals surface area (Å²) < 4.78 is 0. The fourth-order valence-corrected chi connectivity index (χ4v) is 2.81. The van der Waals surface area contributed by atoms with Crippen LogP contribution in [0.15, 0.2) is 29.4 Å². The minimum atomic E-state index is 0.151. The number of amidine groups is 1. The second-order valence-corrected chi connectivity index (χ2v) is 5.76. The number of nitrogens with one attached hydrogen (secondary N) is 1. The molecule has 1 aliphatic heterocycles. The highest BCUT2D eigenvalue weighted by Crippen LogP contribution is 2.11. The van der Waals surface area contributed by atoms with E-state index in [1.165, 1.54) is 32.4 Å². The largest absolute Gasteiger partial charge is 0.409 e. The predicted octanol–water partition coefficient (Wildman–Crippen LogP) is 1.75. The van der Waals surface area contributed by atoms with Crippen LogP contribution < -0.4 is 11.1 Å². The first-order valence-electron chi connectivity index (χ1n) is 7.72. The van der Waals surface area contributed by atoms with Crippen LogP contribution in [0, 0.1) is 0 Å². The number of oxime groups is 1. The molecular weight excluding hydrogens is 264 g/mol. The molecule has 1 aliphatic rings. The van der Waals surface area contributed by atoms with E-state index >= 15 is 0 Å². The summed E-state index contributed by atoms with van der Waals surface area (Å²) in [6.45, 7) is 6.51. The summed E-state index contributed by atoms with van der Waals surface area (Å²) in [5.41, 5.74) is 7.50. The predicted molar refractivity (Wildman–Crippen MR) is 85.5 cm³/mol. The molecule has 0 spiro atoms. The molecule has 116 valence electrons. The lowest BCUT2D eigenvalue weighted by Crippen LogP contribution is -2.42. The molecular formula is C16H26N4O. The normalized spacial score (nSPS) is 18.6. The maximum absolute atomic E-state index is 8.71. The Bertz CT molecular complexity index is 469. The molecule has 1 aromatic carbocycles. The molecule has 1 aromatic rings. The summed E-state index contributed by atoms with van der Waals surface area (Å²) in [7, 11) is 0. The first kappa shape index (κ1) is 15.8. The molecule has 0 aromatic heterocycles. The van der Waals surface area contributed by atoms with Crippen molar-refractivity contribution >= 4 is 5.84 Å². The van der Waals surface area contributed by atoms with Gasteiger partial charge in [-0.25, -0.2) is 0 Å². The van der Waals surface area contributed by atoms with Gasteiger partial charge in [0.05, 0.1) is 0 Å². The van der Waals surface area contributed by atoms with E-state index in [0.29, 0.717) is 6.04 Å². The summed E-state index contributed by atoms with van der Waals surface area (Å²) in [6, 6.07) is 8.34. The third-order valence-corrected chi connectivity index (χ3v) is 4.11. The van der Waals surface area contributed by atoms with E-state index in [0.717, 1.165) is 24.2 Å². The number of nitrogens with zero attached hydrogens (tertiary/aromatic N) is 2. The van der Waals surface area contributed by atoms with Crippen LogP contribution >= 0.6 is 0 Å². The molecule has 5 heteroatoms. The molecule has 1 unspecified atom stereocenters. The van der Waals surface area contributed by atoms with Gasteiger partial charge in [0.15, 0.2) is 5.84 Å². The lowest BCUT2D eigenvalue weighted by Gasteiger charge is -2.32. The first-order chi connectivity index (χ1) is 10.2. The van der Waals surface area contributed by atoms with E-state index in [9.17, 15) is 0 Å². The Kier molecular flexibility index (Phi) is 6.02. The molecule has 0 saturated carbocycles. The van der Waals surface area contributed by atoms with E-state index < -0.39 is 0 Å². The van der Waals surface area contributed by atoms with E-state index in [2.05, 4.69) is 22.3 Å². The van der Waals surface area contributed by atoms with Crippen molar-refractivity contribution in [3.05, 3.63) is 35.4 Å². The molecule has 0 amide bonds. The van der Waals surface area contributed by atoms with Gasteiger partial charge in [-0.05, 0) is 44.5 Å². The van der Waals surface area contributed by atoms with E-state index in [4.69, 9.17) is 10.9 Å². The molecule has 2 rings (SSSR count). The first-order valence-corrected chi connectivity index (χ1v) is 7.72. The molecule has 0 aliphatic carbocycles. The monoisotopic (exact) mass is 290 g/mol. The molecule has 1 heterocycles. The lowest BCUT2D eigenvalue weighted by molar-refractivity contribution is 0.170. The van der Waals surface area contributed by atoms with Gasteiger partial charge in [-0.15, -0.1) is 0 Å². The summed E-state index contributed by atoms with van der Waals surface area (Å²) in [5, 5.41) is 15.2. The number of hydrogen-bond donors (Lipinski definition) is 3. The second kappa shape index (κ2) is 8.00. The zero-order valence-corrected chi connectivity index (χ0v) is 12.8. The highest BCUT2D eigenvalue weighted by atomic mass is 16.4. The minimum Gasteiger partial charge on any atom is -0.409 e. The van der Waals surface area contributed by atoms with Crippen molar-refractivity contribution in [3.8, 4) is 0 Å². The average molecular weight is 290 g/mol. The molecule has 4 N–H and O–H groups in total. The number of nitrogens with two attached hydrogens (primary N) is 1. The lowest BCUT2D eigenvalue weighted by atomic mass is 10.1. The number of piperidine rings is 1. The Morgan fingerprint density at radius 2 is 2.14 bits per heavy atom. The number of benzene rings is 1. The van der Waals surface area contributed by atoms with Crippen LogP contribution in [0.4, 0.5) is 0 Å². The maximum atomic E-state index is 8.71. The van der Waals surface area contributed by atoms with E-state index in [1.54, 1.807) is 0 Å². The van der Waals surface area contributed by atoms with Gasteiger partial charge in [0, 0.05) is 24.7 Å². The van der Waals surface area contributed by atoms with E-state index in [1.807, 2.05) is 24.3 Å². The van der Waals surface area contributed by atoms with Gasteiger partial charge < -0.3 is 16.3 Å². The fraction of sp³-hybridized carbons (Fsp3) is 0.562. The Morgan fingerprint density at radius 1 is 1.38 bits per heavy atom. The van der Waals surface area contributed by atoms with Crippen LogP contribution in [-0.2, 0) is 6.54 Å². The van der Waals surface area contributed by atoms with Crippen LogP contribution in [0.25, 0.3) is 0 Å². The van der Waals surface area contributed by atoms with Crippen LogP contribution in [0.5, 0.6) is 0 Å². The third kappa shape index (κ3) is 4.72. The van der Waals surface area contributed by atoms with Gasteiger partial charge in [0.2, 0.25) is 0 Å². The molecule has 1 saturated heterocycles. The number of rotatable bonds is 6. The molecule has 21 heavy (non-hydrogen) atoms. The molecule has 1 atom stereocenters. The van der Waals surface area contributed by atoms with Crippen molar-refractivity contribution < 1.29 is 5.21 Å². The average Bonchev–Trinajstić information content (AvgIpc) is 2.55. The van der Waals surface area contributed by atoms with Gasteiger partial charge in [0.1, 0.15) is 0 Å². The van der Waals surface area contributed by atoms with Crippen molar-refractivity contribution in [1.29, 1.82) is 0 Å². The van der Waals surface area contributed by atoms with E-state index in [-0.39, 0.29) is 5.84 Å². The van der Waals surface area contributed by atoms with Gasteiger partial charge in [-0.2, -0.15) is 0 Å². The Morgan fingerprint density at radius 3 is 2.86 bits per heavy atom. The van der Waals surface area contributed by atoms with Crippen molar-refractivity contribution in [2.45, 2.75) is 38.8 Å². The topological polar surface area (TPSA) is 73.9 Å². The summed E-state index contributed by atoms with van der Waals surface area (Å²) >= 11 is 0. The van der Waals surface area contributed by atoms with Gasteiger partial charge in [-0.3, -0.25) is 4.90 Å². The summed E-state index contributed by atoms with van der Waals surface area (Å²) in [6.07, 6.45) is 4.02. The van der Waals surface area contributed by atoms with Crippen LogP contribution in [0.1, 0.15) is 37.3 Å². The molecule has 1 fully saturated rings. The van der Waals surface area contributed by atoms with Crippen LogP contribution in [0.3, 0.4) is 0 Å². The third-order valence-electron chi connectivity index (χ3n) is 4.11. The van der Waals surface area contributed by atoms with Gasteiger partial charge in [-0.1, -0.05) is 29.8 Å². The molecule has 0 radical (unpaired) electrons. The zero-order valence-electron chi connectivity index (χ0n) is 12.8. The van der Waals surface area contributed by atoms with Crippen molar-refractivity contribution in [1.82, 2.24) is 10.2 Å². The summed E-state index contributed by atoms with van der Waals surface area (Å²) in [5.74, 6) is 0.151. The van der Waals surface area contributed by atoms with Crippen LogP contribution in [0.2, 0.25) is 0 Å². The standard InChI is InChI=1S/C16H26N4O/c1-13(20-8-3-2-4-9-20)11-18-12-14-6-5-7-15(10-14)16(17)19-21/h5-7,10,13,18,21H,2-4,8-9,11-12H2,1H3,(H2,17,19). The molecule has 0 bridgehead atoms. The highest BCUT2D eigenvalue weighted by molar-refractivity contribution is 5.97. The minimum absolute atomic E-state index is 0.151. The quantitative estimate of drug-likeness (QED) is 0.323. The smallest absolute Gasteiger partial charge is 0.170 e. The van der Waals surface area contributed by atoms with Crippen LogP contribution in [-0.4, -0.2) is 41.6 Å². The Hall–Kier alpha value is -1.59. The zero-order chi connectivity index (χ0) is 15.1. The summed E-state index contributed by atoms with van der Waals surface area (Å²) in [4.78, 5) is 2.56. The van der Waals surface area contributed by atoms with Gasteiger partial charge >= 0.3 is 0 Å². The Balaban J connectivity index is 1.80. The fourth-order valence-electron chi connectivity index (χ4n) is 2.81. The van der Waals surface area contributed by atoms with Crippen molar-refractivity contribution in [3.63, 3.8) is 0 Å². The Labute approximate surface area is 126 Å². The van der Waals surface area contributed by atoms with Gasteiger partial charge in [0.25, 0.3) is 0 Å². The second-order valence-electron chi connectivity index (χ2n) is 5.76.